The van der Waals surface area contributed by atoms with Gasteiger partial charge in [0.25, 0.3) is 0 Å². The molecule has 3 N–H and O–H groups in total. The van der Waals surface area contributed by atoms with E-state index in [-0.39, 0.29) is 12.5 Å². The molecule has 0 bridgehead atoms. The minimum atomic E-state index is -0.608. The molecule has 1 heterocycles. The number of β-amino-alcohol motifs (C(OH)–C–C–N with tert-alkyl or cyclic N) is 1. The maximum absolute atomic E-state index is 12.3. The first-order chi connectivity index (χ1) is 14.9. The predicted octanol–water partition coefficient (Wildman–Crippen LogP) is 1.90. The number of ether oxygens (including phenoxy) is 2. The van der Waals surface area contributed by atoms with Crippen molar-refractivity contribution in [1.82, 2.24) is 9.80 Å². The summed E-state index contributed by atoms with van der Waals surface area (Å²) in [5.41, 5.74) is 8.98. The van der Waals surface area contributed by atoms with Crippen LogP contribution in [0.3, 0.4) is 0 Å². The zero-order valence-electron chi connectivity index (χ0n) is 18.6. The quantitative estimate of drug-likeness (QED) is 0.636. The molecule has 0 spiro atoms. The van der Waals surface area contributed by atoms with Gasteiger partial charge >= 0.3 is 0 Å². The van der Waals surface area contributed by atoms with Gasteiger partial charge in [0.2, 0.25) is 5.91 Å². The fourth-order valence-corrected chi connectivity index (χ4v) is 4.20. The van der Waals surface area contributed by atoms with Gasteiger partial charge in [-0.05, 0) is 42.7 Å². The van der Waals surface area contributed by atoms with Crippen molar-refractivity contribution in [2.75, 3.05) is 46.4 Å². The molecule has 1 aliphatic heterocycles. The highest BCUT2D eigenvalue weighted by Gasteiger charge is 2.31. The molecule has 1 aliphatic rings. The third kappa shape index (κ3) is 5.97. The molecule has 0 aliphatic carbocycles. The zero-order valence-corrected chi connectivity index (χ0v) is 18.6. The second-order valence-corrected chi connectivity index (χ2v) is 8.09. The van der Waals surface area contributed by atoms with E-state index in [4.69, 9.17) is 15.2 Å². The van der Waals surface area contributed by atoms with Crippen molar-refractivity contribution >= 4 is 5.91 Å². The van der Waals surface area contributed by atoms with Crippen LogP contribution in [0.5, 0.6) is 11.5 Å². The molecule has 1 amide bonds. The fourth-order valence-electron chi connectivity index (χ4n) is 4.20. The van der Waals surface area contributed by atoms with Crippen LogP contribution in [0.4, 0.5) is 0 Å². The van der Waals surface area contributed by atoms with Crippen LogP contribution in [0.25, 0.3) is 0 Å². The molecule has 168 valence electrons. The molecule has 1 saturated heterocycles. The summed E-state index contributed by atoms with van der Waals surface area (Å²) in [5.74, 6) is 1.06. The second-order valence-electron chi connectivity index (χ2n) is 8.09. The number of rotatable bonds is 9. The number of benzene rings is 2. The van der Waals surface area contributed by atoms with Crippen LogP contribution in [-0.4, -0.2) is 73.4 Å². The van der Waals surface area contributed by atoms with E-state index in [1.807, 2.05) is 50.2 Å². The maximum Gasteiger partial charge on any atom is 0.239 e. The van der Waals surface area contributed by atoms with Gasteiger partial charge < -0.3 is 20.3 Å². The normalized spacial score (nSPS) is 17.2. The van der Waals surface area contributed by atoms with Crippen molar-refractivity contribution < 1.29 is 19.4 Å². The third-order valence-electron chi connectivity index (χ3n) is 5.81. The predicted molar refractivity (Wildman–Crippen MR) is 120 cm³/mol. The van der Waals surface area contributed by atoms with Gasteiger partial charge in [0.1, 0.15) is 30.3 Å². The first-order valence-electron chi connectivity index (χ1n) is 10.7. The van der Waals surface area contributed by atoms with Crippen LogP contribution in [0.2, 0.25) is 0 Å². The molecule has 0 saturated carbocycles. The van der Waals surface area contributed by atoms with Crippen molar-refractivity contribution in [3.05, 3.63) is 59.2 Å². The summed E-state index contributed by atoms with van der Waals surface area (Å²) in [7, 11) is 1.61. The molecule has 1 fully saturated rings. The molecule has 2 aromatic carbocycles. The fraction of sp³-hybridized carbons (Fsp3) is 0.458. The van der Waals surface area contributed by atoms with Gasteiger partial charge in [0.15, 0.2) is 0 Å². The van der Waals surface area contributed by atoms with Gasteiger partial charge in [-0.15, -0.1) is 0 Å². The Hall–Kier alpha value is -2.61. The molecule has 0 aromatic heterocycles. The Morgan fingerprint density at radius 2 is 1.68 bits per heavy atom. The lowest BCUT2D eigenvalue weighted by Gasteiger charge is -2.39. The number of carbonyl (C=O) groups excluding carboxylic acids is 1. The molecule has 0 radical (unpaired) electrons. The van der Waals surface area contributed by atoms with E-state index in [9.17, 15) is 9.90 Å². The largest absolute Gasteiger partial charge is 0.497 e. The number of primary amides is 1. The van der Waals surface area contributed by atoms with Crippen LogP contribution >= 0.6 is 0 Å². The average Bonchev–Trinajstić information content (AvgIpc) is 2.75. The second kappa shape index (κ2) is 10.6. The monoisotopic (exact) mass is 427 g/mol. The number of amides is 1. The summed E-state index contributed by atoms with van der Waals surface area (Å²) in [4.78, 5) is 16.7. The summed E-state index contributed by atoms with van der Waals surface area (Å²) < 4.78 is 10.9. The van der Waals surface area contributed by atoms with Gasteiger partial charge in [-0.2, -0.15) is 0 Å². The molecular weight excluding hydrogens is 394 g/mol. The van der Waals surface area contributed by atoms with Gasteiger partial charge in [0.05, 0.1) is 7.11 Å². The Bertz CT molecular complexity index is 861. The van der Waals surface area contributed by atoms with Gasteiger partial charge in [-0.1, -0.05) is 24.3 Å². The minimum Gasteiger partial charge on any atom is -0.497 e. The van der Waals surface area contributed by atoms with Crippen LogP contribution in [-0.2, 0) is 4.79 Å². The molecule has 31 heavy (non-hydrogen) atoms. The minimum absolute atomic E-state index is 0.208. The van der Waals surface area contributed by atoms with Crippen LogP contribution in [0.15, 0.2) is 42.5 Å². The molecule has 3 rings (SSSR count). The average molecular weight is 428 g/mol. The Morgan fingerprint density at radius 1 is 1.06 bits per heavy atom. The van der Waals surface area contributed by atoms with E-state index in [0.29, 0.717) is 25.4 Å². The van der Waals surface area contributed by atoms with Crippen molar-refractivity contribution in [2.45, 2.75) is 26.0 Å². The Kier molecular flexibility index (Phi) is 7.90. The van der Waals surface area contributed by atoms with Crippen molar-refractivity contribution in [2.24, 2.45) is 5.73 Å². The summed E-state index contributed by atoms with van der Waals surface area (Å²) in [6.07, 6.45) is -0.608. The van der Waals surface area contributed by atoms with Crippen LogP contribution in [0.1, 0.15) is 22.7 Å². The maximum atomic E-state index is 12.3. The summed E-state index contributed by atoms with van der Waals surface area (Å²) >= 11 is 0. The van der Waals surface area contributed by atoms with Gasteiger partial charge in [0, 0.05) is 38.8 Å². The lowest BCUT2D eigenvalue weighted by Crippen LogP contribution is -2.52. The van der Waals surface area contributed by atoms with Gasteiger partial charge in [-0.25, -0.2) is 0 Å². The number of piperazine rings is 1. The third-order valence-corrected chi connectivity index (χ3v) is 5.81. The Morgan fingerprint density at radius 3 is 2.29 bits per heavy atom. The molecule has 2 aromatic rings. The number of nitrogens with zero attached hydrogens (tertiary/aromatic N) is 2. The number of hydrogen-bond acceptors (Lipinski definition) is 6. The number of nitrogens with two attached hydrogens (primary N) is 1. The molecule has 7 heteroatoms. The highest BCUT2D eigenvalue weighted by molar-refractivity contribution is 5.82. The Balaban J connectivity index is 1.53. The molecule has 2 unspecified atom stereocenters. The van der Waals surface area contributed by atoms with Crippen LogP contribution < -0.4 is 15.2 Å². The summed E-state index contributed by atoms with van der Waals surface area (Å²) in [6.45, 7) is 7.70. The lowest BCUT2D eigenvalue weighted by molar-refractivity contribution is -0.124. The smallest absolute Gasteiger partial charge is 0.239 e. The first-order valence-corrected chi connectivity index (χ1v) is 10.7. The number of aliphatic hydroxyl groups excluding tert-OH is 1. The summed E-state index contributed by atoms with van der Waals surface area (Å²) in [5, 5.41) is 10.4. The number of carbonyl (C=O) groups is 1. The van der Waals surface area contributed by atoms with E-state index in [1.54, 1.807) is 13.2 Å². The molecule has 2 atom stereocenters. The number of hydrogen-bond donors (Lipinski definition) is 2. The van der Waals surface area contributed by atoms with Crippen molar-refractivity contribution in [3.63, 3.8) is 0 Å². The standard InChI is InChI=1S/C24H33N3O4/c1-17-6-4-7-18(2)22(17)23(24(25)29)27-12-10-26(11-13-27)15-19(28)16-31-21-9-5-8-20(14-21)30-3/h4-9,14,19,23,28H,10-13,15-16H2,1-3H3,(H2,25,29). The highest BCUT2D eigenvalue weighted by atomic mass is 16.5. The SMILES string of the molecule is COc1cccc(OCC(O)CN2CCN(C(C(N)=O)c3c(C)cccc3C)CC2)c1. The first kappa shape index (κ1) is 23.1. The van der Waals surface area contributed by atoms with E-state index < -0.39 is 12.1 Å². The van der Waals surface area contributed by atoms with E-state index >= 15 is 0 Å². The van der Waals surface area contributed by atoms with Crippen molar-refractivity contribution in [3.8, 4) is 11.5 Å². The molecule has 7 nitrogen and oxygen atoms in total. The number of aryl methyl sites for hydroxylation is 2. The highest BCUT2D eigenvalue weighted by Crippen LogP contribution is 2.28. The van der Waals surface area contributed by atoms with E-state index in [0.717, 1.165) is 35.5 Å². The molecular formula is C24H33N3O4. The van der Waals surface area contributed by atoms with Crippen molar-refractivity contribution in [1.29, 1.82) is 0 Å². The van der Waals surface area contributed by atoms with E-state index in [2.05, 4.69) is 9.80 Å². The zero-order chi connectivity index (χ0) is 22.4. The van der Waals surface area contributed by atoms with E-state index in [1.165, 1.54) is 0 Å². The van der Waals surface area contributed by atoms with Gasteiger partial charge in [-0.3, -0.25) is 14.6 Å². The lowest BCUT2D eigenvalue weighted by atomic mass is 9.94. The topological polar surface area (TPSA) is 88.3 Å². The number of methoxy groups -OCH3 is 1. The Labute approximate surface area is 184 Å². The summed E-state index contributed by atoms with van der Waals surface area (Å²) in [6, 6.07) is 12.9. The number of aliphatic hydroxyl groups is 1. The van der Waals surface area contributed by atoms with Crippen LogP contribution in [0, 0.1) is 13.8 Å².